The SMILES string of the molecule is COc1cc(S(N)(O)O)ccc1NCC#Cc1cc2ccccc2n1CC(F)(F)F. The van der Waals surface area contributed by atoms with Gasteiger partial charge in [0.25, 0.3) is 0 Å². The predicted octanol–water partition coefficient (Wildman–Crippen LogP) is 4.66. The Hall–Kier alpha value is -2.84. The highest BCUT2D eigenvalue weighted by molar-refractivity contribution is 8.22. The van der Waals surface area contributed by atoms with Gasteiger partial charge in [0.15, 0.2) is 0 Å². The summed E-state index contributed by atoms with van der Waals surface area (Å²) in [4.78, 5) is 0.118. The second-order valence-corrected chi connectivity index (χ2v) is 8.06. The monoisotopic (exact) mass is 439 g/mol. The number of nitrogens with two attached hydrogens (primary N) is 1. The molecule has 0 unspecified atom stereocenters. The molecular formula is C20H20F3N3O3S. The van der Waals surface area contributed by atoms with Crippen LogP contribution in [0.3, 0.4) is 0 Å². The summed E-state index contributed by atoms with van der Waals surface area (Å²) in [7, 11) is -1.97. The Labute approximate surface area is 172 Å². The lowest BCUT2D eigenvalue weighted by molar-refractivity contribution is -0.140. The number of alkyl halides is 3. The number of halogens is 3. The largest absolute Gasteiger partial charge is 0.495 e. The summed E-state index contributed by atoms with van der Waals surface area (Å²) in [6, 6.07) is 12.8. The van der Waals surface area contributed by atoms with Gasteiger partial charge in [-0.3, -0.25) is 9.11 Å². The summed E-state index contributed by atoms with van der Waals surface area (Å²) in [5, 5.41) is 8.99. The van der Waals surface area contributed by atoms with Crippen LogP contribution in [0.4, 0.5) is 18.9 Å². The molecule has 0 amide bonds. The first-order chi connectivity index (χ1) is 14.1. The summed E-state index contributed by atoms with van der Waals surface area (Å²) in [5.74, 6) is 5.92. The van der Waals surface area contributed by atoms with E-state index in [-0.39, 0.29) is 17.1 Å². The van der Waals surface area contributed by atoms with Gasteiger partial charge in [-0.2, -0.15) is 13.2 Å². The number of methoxy groups -OCH3 is 1. The second kappa shape index (κ2) is 8.49. The van der Waals surface area contributed by atoms with Crippen LogP contribution in [0.1, 0.15) is 5.69 Å². The Morgan fingerprint density at radius 1 is 1.17 bits per heavy atom. The van der Waals surface area contributed by atoms with Gasteiger partial charge in [-0.1, -0.05) is 24.1 Å². The number of aromatic nitrogens is 1. The summed E-state index contributed by atoms with van der Waals surface area (Å²) >= 11 is 0. The number of nitrogens with zero attached hydrogens (tertiary/aromatic N) is 1. The molecule has 0 radical (unpaired) electrons. The number of rotatable bonds is 5. The van der Waals surface area contributed by atoms with E-state index < -0.39 is 23.5 Å². The molecule has 1 aromatic heterocycles. The molecule has 0 bridgehead atoms. The molecule has 0 fully saturated rings. The van der Waals surface area contributed by atoms with E-state index in [9.17, 15) is 22.3 Å². The maximum atomic E-state index is 13.0. The van der Waals surface area contributed by atoms with Crippen molar-refractivity contribution >= 4 is 27.4 Å². The van der Waals surface area contributed by atoms with Gasteiger partial charge < -0.3 is 14.6 Å². The van der Waals surface area contributed by atoms with Crippen LogP contribution < -0.4 is 15.2 Å². The van der Waals surface area contributed by atoms with Crippen LogP contribution in [0.2, 0.25) is 0 Å². The summed E-state index contributed by atoms with van der Waals surface area (Å²) in [5.41, 5.74) is 1.25. The van der Waals surface area contributed by atoms with E-state index in [0.29, 0.717) is 22.3 Å². The molecule has 0 spiro atoms. The summed E-state index contributed by atoms with van der Waals surface area (Å²) < 4.78 is 64.4. The Morgan fingerprint density at radius 2 is 1.90 bits per heavy atom. The smallest absolute Gasteiger partial charge is 0.406 e. The zero-order valence-corrected chi connectivity index (χ0v) is 16.7. The van der Waals surface area contributed by atoms with Crippen molar-refractivity contribution in [3.63, 3.8) is 0 Å². The molecule has 30 heavy (non-hydrogen) atoms. The molecule has 0 saturated carbocycles. The van der Waals surface area contributed by atoms with E-state index in [2.05, 4.69) is 17.2 Å². The Balaban J connectivity index is 1.81. The Kier molecular flexibility index (Phi) is 6.19. The van der Waals surface area contributed by atoms with Crippen LogP contribution in [0.15, 0.2) is 53.4 Å². The lowest BCUT2D eigenvalue weighted by Crippen LogP contribution is -2.18. The number of para-hydroxylation sites is 1. The van der Waals surface area contributed by atoms with Crippen molar-refractivity contribution < 1.29 is 27.0 Å². The molecule has 0 aliphatic carbocycles. The first-order valence-electron chi connectivity index (χ1n) is 8.70. The lowest BCUT2D eigenvalue weighted by Gasteiger charge is -2.26. The Morgan fingerprint density at radius 3 is 2.57 bits per heavy atom. The van der Waals surface area contributed by atoms with Gasteiger partial charge in [-0.25, -0.2) is 5.14 Å². The molecule has 1 heterocycles. The molecule has 0 aliphatic rings. The van der Waals surface area contributed by atoms with E-state index >= 15 is 0 Å². The van der Waals surface area contributed by atoms with Gasteiger partial charge in [-0.15, -0.1) is 10.8 Å². The third-order valence-electron chi connectivity index (χ3n) is 4.25. The summed E-state index contributed by atoms with van der Waals surface area (Å²) in [6.45, 7) is -0.999. The van der Waals surface area contributed by atoms with Crippen LogP contribution in [0, 0.1) is 11.8 Å². The van der Waals surface area contributed by atoms with Crippen molar-refractivity contribution in [3.8, 4) is 17.6 Å². The van der Waals surface area contributed by atoms with E-state index in [4.69, 9.17) is 9.88 Å². The maximum Gasteiger partial charge on any atom is 0.406 e. The van der Waals surface area contributed by atoms with Crippen molar-refractivity contribution in [1.29, 1.82) is 0 Å². The number of hydrogen-bond donors (Lipinski definition) is 4. The van der Waals surface area contributed by atoms with Crippen molar-refractivity contribution in [1.82, 2.24) is 4.57 Å². The van der Waals surface area contributed by atoms with Crippen LogP contribution in [-0.4, -0.2) is 33.5 Å². The standard InChI is InChI=1S/C20H20F3N3O3S/c1-29-19-12-16(30(24,27)28)8-9-17(19)25-10-4-6-15-11-14-5-2-3-7-18(14)26(15)13-20(21,22)23/h2-3,5,7-9,11-12,25,27-28H,10,13,24H2,1H3. The minimum atomic E-state index is -4.37. The highest BCUT2D eigenvalue weighted by Crippen LogP contribution is 2.43. The first kappa shape index (κ1) is 21.9. The minimum absolute atomic E-state index is 0.118. The number of fused-ring (bicyclic) bond motifs is 1. The van der Waals surface area contributed by atoms with Gasteiger partial charge >= 0.3 is 6.18 Å². The second-order valence-electron chi connectivity index (χ2n) is 6.40. The number of ether oxygens (including phenoxy) is 1. The van der Waals surface area contributed by atoms with E-state index in [0.717, 1.165) is 4.57 Å². The molecule has 0 aliphatic heterocycles. The molecule has 3 rings (SSSR count). The van der Waals surface area contributed by atoms with Crippen molar-refractivity contribution in [2.45, 2.75) is 17.6 Å². The van der Waals surface area contributed by atoms with E-state index in [1.807, 2.05) is 0 Å². The van der Waals surface area contributed by atoms with Crippen molar-refractivity contribution in [2.24, 2.45) is 5.14 Å². The Bertz CT molecular complexity index is 1110. The predicted molar refractivity (Wildman–Crippen MR) is 112 cm³/mol. The van der Waals surface area contributed by atoms with Crippen LogP contribution in [0.25, 0.3) is 10.9 Å². The highest BCUT2D eigenvalue weighted by Gasteiger charge is 2.29. The van der Waals surface area contributed by atoms with Crippen LogP contribution in [-0.2, 0) is 6.54 Å². The third-order valence-corrected chi connectivity index (χ3v) is 5.20. The fourth-order valence-corrected chi connectivity index (χ4v) is 3.49. The normalized spacial score (nSPS) is 12.4. The zero-order valence-electron chi connectivity index (χ0n) is 15.9. The first-order valence-corrected chi connectivity index (χ1v) is 10.3. The van der Waals surface area contributed by atoms with Gasteiger partial charge in [0.2, 0.25) is 0 Å². The van der Waals surface area contributed by atoms with Crippen LogP contribution in [0.5, 0.6) is 5.75 Å². The van der Waals surface area contributed by atoms with E-state index in [1.165, 1.54) is 19.2 Å². The number of nitrogens with one attached hydrogen (secondary N) is 1. The van der Waals surface area contributed by atoms with Crippen molar-refractivity contribution in [2.75, 3.05) is 19.0 Å². The quantitative estimate of drug-likeness (QED) is 0.434. The van der Waals surface area contributed by atoms with Gasteiger partial charge in [0.1, 0.15) is 12.3 Å². The topological polar surface area (TPSA) is 92.7 Å². The van der Waals surface area contributed by atoms with Crippen molar-refractivity contribution in [3.05, 3.63) is 54.2 Å². The maximum absolute atomic E-state index is 13.0. The highest BCUT2D eigenvalue weighted by atomic mass is 32.3. The molecule has 160 valence electrons. The molecule has 2 aromatic carbocycles. The zero-order chi connectivity index (χ0) is 21.9. The lowest BCUT2D eigenvalue weighted by atomic mass is 10.2. The third kappa shape index (κ3) is 5.20. The molecule has 3 aromatic rings. The number of hydrogen-bond acceptors (Lipinski definition) is 5. The fraction of sp³-hybridized carbons (Fsp3) is 0.200. The number of benzene rings is 2. The molecular weight excluding hydrogens is 419 g/mol. The average Bonchev–Trinajstić information content (AvgIpc) is 3.00. The van der Waals surface area contributed by atoms with E-state index in [1.54, 1.807) is 36.4 Å². The van der Waals surface area contributed by atoms with Crippen LogP contribution >= 0.6 is 10.8 Å². The van der Waals surface area contributed by atoms with Gasteiger partial charge in [0.05, 0.1) is 29.9 Å². The average molecular weight is 439 g/mol. The minimum Gasteiger partial charge on any atom is -0.495 e. The fourth-order valence-electron chi connectivity index (χ4n) is 2.94. The molecule has 10 heteroatoms. The molecule has 0 saturated heterocycles. The number of anilines is 1. The molecule has 6 nitrogen and oxygen atoms in total. The van der Waals surface area contributed by atoms with Gasteiger partial charge in [0, 0.05) is 17.0 Å². The molecule has 5 N–H and O–H groups in total. The van der Waals surface area contributed by atoms with Gasteiger partial charge in [-0.05, 0) is 30.2 Å². The molecule has 0 atom stereocenters. The summed E-state index contributed by atoms with van der Waals surface area (Å²) in [6.07, 6.45) is -4.37.